The molecular weight excluding hydrogens is 436 g/mol. The highest BCUT2D eigenvalue weighted by atomic mass is 16.5. The second-order valence-electron chi connectivity index (χ2n) is 8.42. The molecule has 3 rings (SSSR count). The van der Waals surface area contributed by atoms with E-state index in [0.717, 1.165) is 19.2 Å². The Hall–Kier alpha value is -3.04. The van der Waals surface area contributed by atoms with E-state index in [0.29, 0.717) is 12.2 Å². The van der Waals surface area contributed by atoms with Crippen LogP contribution in [0.1, 0.15) is 54.9 Å². The van der Waals surface area contributed by atoms with Crippen LogP contribution in [0, 0.1) is 0 Å². The summed E-state index contributed by atoms with van der Waals surface area (Å²) in [4.78, 5) is 28.5. The number of aromatic nitrogens is 1. The van der Waals surface area contributed by atoms with Gasteiger partial charge in [0.25, 0.3) is 11.5 Å². The van der Waals surface area contributed by atoms with Crippen LogP contribution in [0.25, 0.3) is 0 Å². The molecule has 0 spiro atoms. The van der Waals surface area contributed by atoms with Gasteiger partial charge in [0, 0.05) is 49.8 Å². The molecule has 9 nitrogen and oxygen atoms in total. The van der Waals surface area contributed by atoms with E-state index in [9.17, 15) is 19.8 Å². The van der Waals surface area contributed by atoms with E-state index >= 15 is 0 Å². The third kappa shape index (κ3) is 8.72. The van der Waals surface area contributed by atoms with Crippen molar-refractivity contribution in [3.63, 3.8) is 0 Å². The molecule has 188 valence electrons. The van der Waals surface area contributed by atoms with Crippen molar-refractivity contribution in [1.29, 1.82) is 0 Å². The fraction of sp³-hybridized carbons (Fsp3) is 0.520. The summed E-state index contributed by atoms with van der Waals surface area (Å²) >= 11 is 0. The first-order valence-electron chi connectivity index (χ1n) is 11.8. The molecule has 1 aliphatic carbocycles. The number of ether oxygens (including phenoxy) is 1. The predicted molar refractivity (Wildman–Crippen MR) is 134 cm³/mol. The van der Waals surface area contributed by atoms with Gasteiger partial charge in [0.05, 0.1) is 18.7 Å². The molecule has 34 heavy (non-hydrogen) atoms. The van der Waals surface area contributed by atoms with Gasteiger partial charge in [-0.25, -0.2) is 0 Å². The number of aromatic amines is 1. The van der Waals surface area contributed by atoms with Crippen LogP contribution >= 0.6 is 0 Å². The first-order valence-corrected chi connectivity index (χ1v) is 11.8. The first kappa shape index (κ1) is 27.2. The number of nitrogens with one attached hydrogen (secondary N) is 3. The van der Waals surface area contributed by atoms with Crippen molar-refractivity contribution in [2.45, 2.75) is 51.6 Å². The Bertz CT molecular complexity index is 957. The molecule has 0 aliphatic heterocycles. The van der Waals surface area contributed by atoms with Crippen LogP contribution < -0.4 is 16.2 Å². The largest absolute Gasteiger partial charge is 0.508 e. The van der Waals surface area contributed by atoms with Gasteiger partial charge in [0.15, 0.2) is 0 Å². The smallest absolute Gasteiger partial charge is 0.256 e. The van der Waals surface area contributed by atoms with Crippen LogP contribution in [-0.4, -0.2) is 65.9 Å². The number of benzene rings is 1. The number of phenolic OH excluding ortho intramolecular Hbond substituents is 1. The lowest BCUT2D eigenvalue weighted by Gasteiger charge is -2.30. The molecule has 1 fully saturated rings. The zero-order valence-electron chi connectivity index (χ0n) is 20.4. The van der Waals surface area contributed by atoms with Crippen molar-refractivity contribution in [3.8, 4) is 11.5 Å². The van der Waals surface area contributed by atoms with Crippen LogP contribution in [-0.2, 0) is 11.3 Å². The lowest BCUT2D eigenvalue weighted by molar-refractivity contribution is 0.0950. The molecule has 1 amide bonds. The summed E-state index contributed by atoms with van der Waals surface area (Å²) in [5.41, 5.74) is 0.475. The fourth-order valence-electron chi connectivity index (χ4n) is 3.93. The number of nitrogens with zero attached hydrogens (tertiary/aromatic N) is 1. The van der Waals surface area contributed by atoms with Crippen LogP contribution in [0.2, 0.25) is 0 Å². The fourth-order valence-corrected chi connectivity index (χ4v) is 3.93. The van der Waals surface area contributed by atoms with E-state index in [-0.39, 0.29) is 29.2 Å². The number of methoxy groups -OCH3 is 1. The van der Waals surface area contributed by atoms with Crippen molar-refractivity contribution in [2.24, 2.45) is 0 Å². The van der Waals surface area contributed by atoms with E-state index in [2.05, 4.69) is 27.6 Å². The van der Waals surface area contributed by atoms with Gasteiger partial charge in [-0.2, -0.15) is 0 Å². The van der Waals surface area contributed by atoms with Gasteiger partial charge in [-0.3, -0.25) is 9.59 Å². The summed E-state index contributed by atoms with van der Waals surface area (Å²) in [6.07, 6.45) is 8.37. The number of phenols is 1. The summed E-state index contributed by atoms with van der Waals surface area (Å²) in [5, 5.41) is 24.8. The average Bonchev–Trinajstić information content (AvgIpc) is 2.83. The minimum atomic E-state index is -0.468. The van der Waals surface area contributed by atoms with E-state index in [1.54, 1.807) is 13.2 Å². The van der Waals surface area contributed by atoms with Crippen molar-refractivity contribution in [3.05, 3.63) is 51.9 Å². The molecular formula is C25H38N4O5. The molecule has 1 heterocycles. The molecule has 5 N–H and O–H groups in total. The Morgan fingerprint density at radius 2 is 1.94 bits per heavy atom. The van der Waals surface area contributed by atoms with Gasteiger partial charge in [-0.1, -0.05) is 19.3 Å². The highest BCUT2D eigenvalue weighted by Gasteiger charge is 2.17. The van der Waals surface area contributed by atoms with Crippen LogP contribution in [0.3, 0.4) is 0 Å². The highest BCUT2D eigenvalue weighted by molar-refractivity contribution is 5.95. The highest BCUT2D eigenvalue weighted by Crippen LogP contribution is 2.21. The Morgan fingerprint density at radius 3 is 2.59 bits per heavy atom. The number of carbonyl (C=O) groups is 1. The first-order chi connectivity index (χ1) is 16.3. The van der Waals surface area contributed by atoms with Gasteiger partial charge < -0.3 is 35.5 Å². The molecule has 1 saturated carbocycles. The lowest BCUT2D eigenvalue weighted by atomic mass is 9.94. The quantitative estimate of drug-likeness (QED) is 0.378. The van der Waals surface area contributed by atoms with Crippen molar-refractivity contribution in [2.75, 3.05) is 39.2 Å². The SMILES string of the molecule is CCNc1cc(O)cc(C(=O)NCc2c(O)cc[nH]c2=O)c1.COCCN(C)C1CCCCC1. The Morgan fingerprint density at radius 1 is 1.21 bits per heavy atom. The number of amides is 1. The minimum Gasteiger partial charge on any atom is -0.508 e. The van der Waals surface area contributed by atoms with Crippen LogP contribution in [0.4, 0.5) is 5.69 Å². The zero-order valence-corrected chi connectivity index (χ0v) is 20.4. The number of likely N-dealkylation sites (N-methyl/N-ethyl adjacent to an activating group) is 1. The molecule has 0 unspecified atom stereocenters. The number of H-pyrrole nitrogens is 1. The molecule has 0 radical (unpaired) electrons. The van der Waals surface area contributed by atoms with E-state index < -0.39 is 11.5 Å². The number of rotatable bonds is 9. The molecule has 1 aliphatic rings. The van der Waals surface area contributed by atoms with E-state index in [1.165, 1.54) is 56.5 Å². The second-order valence-corrected chi connectivity index (χ2v) is 8.42. The maximum absolute atomic E-state index is 12.1. The maximum Gasteiger partial charge on any atom is 0.256 e. The number of anilines is 1. The molecule has 1 aromatic carbocycles. The summed E-state index contributed by atoms with van der Waals surface area (Å²) in [6, 6.07) is 6.59. The predicted octanol–water partition coefficient (Wildman–Crippen LogP) is 3.05. The van der Waals surface area contributed by atoms with E-state index in [4.69, 9.17) is 4.74 Å². The Kier molecular flexibility index (Phi) is 11.4. The second kappa shape index (κ2) is 14.3. The van der Waals surface area contributed by atoms with Gasteiger partial charge in [-0.05, 0) is 45.0 Å². The number of hydrogen-bond acceptors (Lipinski definition) is 7. The third-order valence-corrected chi connectivity index (χ3v) is 5.87. The molecule has 0 atom stereocenters. The molecule has 0 bridgehead atoms. The average molecular weight is 475 g/mol. The number of aromatic hydroxyl groups is 2. The molecule has 0 saturated heterocycles. The Balaban J connectivity index is 0.000000287. The topological polar surface area (TPSA) is 127 Å². The van der Waals surface area contributed by atoms with Crippen molar-refractivity contribution >= 4 is 11.6 Å². The molecule has 9 heteroatoms. The van der Waals surface area contributed by atoms with Crippen LogP contribution in [0.5, 0.6) is 11.5 Å². The summed E-state index contributed by atoms with van der Waals surface area (Å²) in [7, 11) is 3.99. The zero-order chi connectivity index (χ0) is 24.9. The van der Waals surface area contributed by atoms with Gasteiger partial charge >= 0.3 is 0 Å². The maximum atomic E-state index is 12.1. The van der Waals surface area contributed by atoms with Gasteiger partial charge in [0.2, 0.25) is 0 Å². The normalized spacial score (nSPS) is 13.8. The summed E-state index contributed by atoms with van der Waals surface area (Å²) in [5.74, 6) is -0.685. The standard InChI is InChI=1S/C15H17N3O4.C10H21NO/c1-2-16-10-5-9(6-11(19)7-10)14(21)18-8-12-13(20)3-4-17-15(12)22;1-11(8-9-12-2)10-6-4-3-5-7-10/h3-7,16,19H,2,8H2,1H3,(H,18,21)(H2,17,20,22);10H,3-9H2,1-2H3. The Labute approximate surface area is 201 Å². The third-order valence-electron chi connectivity index (χ3n) is 5.87. The summed E-state index contributed by atoms with van der Waals surface area (Å²) < 4.78 is 5.06. The monoisotopic (exact) mass is 474 g/mol. The van der Waals surface area contributed by atoms with Crippen LogP contribution in [0.15, 0.2) is 35.3 Å². The van der Waals surface area contributed by atoms with Crippen molar-refractivity contribution in [1.82, 2.24) is 15.2 Å². The number of pyridine rings is 1. The summed E-state index contributed by atoms with van der Waals surface area (Å²) in [6.45, 7) is 4.38. The number of carbonyl (C=O) groups excluding carboxylic acids is 1. The lowest BCUT2D eigenvalue weighted by Crippen LogP contribution is -2.35. The molecule has 2 aromatic rings. The molecule has 1 aromatic heterocycles. The van der Waals surface area contributed by atoms with Gasteiger partial charge in [-0.15, -0.1) is 0 Å². The number of hydrogen-bond donors (Lipinski definition) is 5. The van der Waals surface area contributed by atoms with Gasteiger partial charge in [0.1, 0.15) is 11.5 Å². The van der Waals surface area contributed by atoms with Crippen molar-refractivity contribution < 1.29 is 19.7 Å². The minimum absolute atomic E-state index is 0.0380. The van der Waals surface area contributed by atoms with E-state index in [1.807, 2.05) is 6.92 Å².